The van der Waals surface area contributed by atoms with Gasteiger partial charge < -0.3 is 20.7 Å². The van der Waals surface area contributed by atoms with Gasteiger partial charge in [-0.25, -0.2) is 4.79 Å². The largest absolute Gasteiger partial charge is 0.466 e. The van der Waals surface area contributed by atoms with Gasteiger partial charge in [0.05, 0.1) is 32.2 Å². The van der Waals surface area contributed by atoms with Crippen molar-refractivity contribution in [3.05, 3.63) is 0 Å². The Morgan fingerprint density at radius 1 is 1.27 bits per heavy atom. The molecular weight excluding hydrogens is 338 g/mol. The zero-order valence-corrected chi connectivity index (χ0v) is 15.5. The number of nitrogens with one attached hydrogen (secondary N) is 3. The zero-order chi connectivity index (χ0) is 18.9. The van der Waals surface area contributed by atoms with E-state index in [0.29, 0.717) is 25.7 Å². The summed E-state index contributed by atoms with van der Waals surface area (Å²) in [6.45, 7) is 5.60. The molecule has 2 fully saturated rings. The third-order valence-corrected chi connectivity index (χ3v) is 4.56. The first-order valence-corrected chi connectivity index (χ1v) is 9.34. The molecule has 1 saturated heterocycles. The Balaban J connectivity index is 1.79. The van der Waals surface area contributed by atoms with E-state index in [1.807, 2.05) is 13.8 Å². The molecule has 0 aromatic carbocycles. The number of carbonyl (C=O) groups is 3. The maximum Gasteiger partial charge on any atom is 0.324 e. The summed E-state index contributed by atoms with van der Waals surface area (Å²) in [5.74, 6) is 0.340. The van der Waals surface area contributed by atoms with E-state index in [2.05, 4.69) is 20.9 Å². The second kappa shape index (κ2) is 9.98. The van der Waals surface area contributed by atoms with E-state index in [-0.39, 0.29) is 43.0 Å². The molecule has 9 heteroatoms. The Hall–Kier alpha value is -2.32. The van der Waals surface area contributed by atoms with E-state index in [1.54, 1.807) is 0 Å². The van der Waals surface area contributed by atoms with Crippen LogP contribution >= 0.6 is 0 Å². The molecule has 2 rings (SSSR count). The molecule has 1 heterocycles. The van der Waals surface area contributed by atoms with E-state index < -0.39 is 0 Å². The summed E-state index contributed by atoms with van der Waals surface area (Å²) in [7, 11) is 0. The Bertz CT molecular complexity index is 527. The van der Waals surface area contributed by atoms with Crippen molar-refractivity contribution in [2.24, 2.45) is 10.9 Å². The topological polar surface area (TPSA) is 112 Å². The van der Waals surface area contributed by atoms with Crippen molar-refractivity contribution in [2.45, 2.75) is 45.6 Å². The summed E-state index contributed by atoms with van der Waals surface area (Å²) in [4.78, 5) is 40.5. The number of amides is 3. The monoisotopic (exact) mass is 367 g/mol. The van der Waals surface area contributed by atoms with Gasteiger partial charge in [-0.15, -0.1) is 0 Å². The maximum absolute atomic E-state index is 11.8. The second-order valence-corrected chi connectivity index (χ2v) is 6.41. The minimum Gasteiger partial charge on any atom is -0.466 e. The van der Waals surface area contributed by atoms with Crippen molar-refractivity contribution in [1.29, 1.82) is 0 Å². The van der Waals surface area contributed by atoms with E-state index in [9.17, 15) is 14.4 Å². The molecular formula is C17H29N5O4. The highest BCUT2D eigenvalue weighted by Crippen LogP contribution is 2.25. The van der Waals surface area contributed by atoms with Crippen LogP contribution in [0.2, 0.25) is 0 Å². The highest BCUT2D eigenvalue weighted by molar-refractivity contribution is 6.01. The van der Waals surface area contributed by atoms with Gasteiger partial charge >= 0.3 is 12.0 Å². The van der Waals surface area contributed by atoms with Gasteiger partial charge in [-0.1, -0.05) is 0 Å². The molecule has 0 atom stereocenters. The van der Waals surface area contributed by atoms with Crippen molar-refractivity contribution in [3.63, 3.8) is 0 Å². The number of imide groups is 1. The lowest BCUT2D eigenvalue weighted by Crippen LogP contribution is -2.45. The lowest BCUT2D eigenvalue weighted by molar-refractivity contribution is -0.149. The van der Waals surface area contributed by atoms with E-state index in [0.717, 1.165) is 25.7 Å². The molecule has 0 radical (unpaired) electrons. The molecule has 3 amide bonds. The number of rotatable bonds is 7. The summed E-state index contributed by atoms with van der Waals surface area (Å²) >= 11 is 0. The smallest absolute Gasteiger partial charge is 0.324 e. The summed E-state index contributed by atoms with van der Waals surface area (Å²) < 4.78 is 5.10. The van der Waals surface area contributed by atoms with Crippen LogP contribution in [-0.2, 0) is 14.3 Å². The fourth-order valence-corrected chi connectivity index (χ4v) is 3.19. The molecule has 0 unspecified atom stereocenters. The van der Waals surface area contributed by atoms with Crippen LogP contribution in [0.15, 0.2) is 4.99 Å². The highest BCUT2D eigenvalue weighted by atomic mass is 16.5. The molecule has 0 aromatic rings. The van der Waals surface area contributed by atoms with Crippen molar-refractivity contribution < 1.29 is 19.1 Å². The predicted octanol–water partition coefficient (Wildman–Crippen LogP) is 0.215. The second-order valence-electron chi connectivity index (χ2n) is 6.41. The Kier molecular flexibility index (Phi) is 7.68. The molecule has 3 N–H and O–H groups in total. The van der Waals surface area contributed by atoms with Gasteiger partial charge in [-0.2, -0.15) is 0 Å². The predicted molar refractivity (Wildman–Crippen MR) is 96.6 cm³/mol. The van der Waals surface area contributed by atoms with Crippen LogP contribution in [0.5, 0.6) is 0 Å². The van der Waals surface area contributed by atoms with Crippen LogP contribution in [0.1, 0.15) is 39.5 Å². The van der Waals surface area contributed by atoms with Gasteiger partial charge in [-0.3, -0.25) is 19.5 Å². The number of nitrogens with zero attached hydrogens (tertiary/aromatic N) is 2. The number of urea groups is 1. The van der Waals surface area contributed by atoms with E-state index in [4.69, 9.17) is 4.74 Å². The number of aliphatic imine (C=N–C) groups is 1. The number of hydrogen-bond acceptors (Lipinski definition) is 5. The lowest BCUT2D eigenvalue weighted by Gasteiger charge is -2.29. The van der Waals surface area contributed by atoms with Crippen LogP contribution in [0, 0.1) is 5.92 Å². The molecule has 1 aliphatic heterocycles. The first kappa shape index (κ1) is 20.0. The molecule has 146 valence electrons. The fourth-order valence-electron chi connectivity index (χ4n) is 3.19. The minimum absolute atomic E-state index is 0.00721. The lowest BCUT2D eigenvalue weighted by atomic mass is 9.86. The van der Waals surface area contributed by atoms with Crippen LogP contribution in [0.25, 0.3) is 0 Å². The first-order valence-electron chi connectivity index (χ1n) is 9.34. The molecule has 0 bridgehead atoms. The molecule has 26 heavy (non-hydrogen) atoms. The van der Waals surface area contributed by atoms with Gasteiger partial charge in [0.15, 0.2) is 5.96 Å². The standard InChI is InChI=1S/C17H29N5O4/c1-3-18-16(19-9-10-22-14(23)11-20-17(22)25)21-13-7-5-12(6-8-13)15(24)26-4-2/h12-13H,3-11H2,1-2H3,(H,20,25)(H2,18,19,21). The fraction of sp³-hybridized carbons (Fsp3) is 0.765. The molecule has 9 nitrogen and oxygen atoms in total. The molecule has 1 aliphatic carbocycles. The summed E-state index contributed by atoms with van der Waals surface area (Å²) in [6, 6.07) is -0.115. The van der Waals surface area contributed by atoms with Gasteiger partial charge in [0.2, 0.25) is 5.91 Å². The van der Waals surface area contributed by atoms with Crippen LogP contribution in [0.3, 0.4) is 0 Å². The summed E-state index contributed by atoms with van der Waals surface area (Å²) in [6.07, 6.45) is 3.36. The molecule has 2 aliphatic rings. The SMILES string of the molecule is CCNC(=NCCN1C(=O)CNC1=O)NC1CCC(C(=O)OCC)CC1. The first-order chi connectivity index (χ1) is 12.5. The quantitative estimate of drug-likeness (QED) is 0.257. The highest BCUT2D eigenvalue weighted by Gasteiger charge is 2.29. The average Bonchev–Trinajstić information content (AvgIpc) is 2.94. The van der Waals surface area contributed by atoms with Crippen molar-refractivity contribution in [3.8, 4) is 0 Å². The summed E-state index contributed by atoms with van der Waals surface area (Å²) in [5, 5.41) is 9.04. The average molecular weight is 367 g/mol. The van der Waals surface area contributed by atoms with Gasteiger partial charge in [0.25, 0.3) is 0 Å². The van der Waals surface area contributed by atoms with Crippen LogP contribution < -0.4 is 16.0 Å². The Morgan fingerprint density at radius 2 is 2.00 bits per heavy atom. The molecule has 1 saturated carbocycles. The third-order valence-electron chi connectivity index (χ3n) is 4.56. The Labute approximate surface area is 153 Å². The number of hydrogen-bond donors (Lipinski definition) is 3. The molecule has 0 aromatic heterocycles. The normalized spacial score (nSPS) is 23.6. The third kappa shape index (κ3) is 5.60. The van der Waals surface area contributed by atoms with Crippen LogP contribution in [0.4, 0.5) is 4.79 Å². The number of esters is 1. The number of ether oxygens (including phenoxy) is 1. The van der Waals surface area contributed by atoms with Crippen molar-refractivity contribution in [1.82, 2.24) is 20.9 Å². The van der Waals surface area contributed by atoms with Crippen molar-refractivity contribution in [2.75, 3.05) is 32.8 Å². The number of carbonyl (C=O) groups excluding carboxylic acids is 3. The van der Waals surface area contributed by atoms with Crippen molar-refractivity contribution >= 4 is 23.9 Å². The van der Waals surface area contributed by atoms with E-state index >= 15 is 0 Å². The van der Waals surface area contributed by atoms with Gasteiger partial charge in [0.1, 0.15) is 0 Å². The Morgan fingerprint density at radius 3 is 2.58 bits per heavy atom. The minimum atomic E-state index is -0.361. The summed E-state index contributed by atoms with van der Waals surface area (Å²) in [5.41, 5.74) is 0. The molecule has 0 spiro atoms. The van der Waals surface area contributed by atoms with Crippen LogP contribution in [-0.4, -0.2) is 67.6 Å². The maximum atomic E-state index is 11.8. The number of guanidine groups is 1. The van der Waals surface area contributed by atoms with E-state index in [1.165, 1.54) is 4.90 Å². The zero-order valence-electron chi connectivity index (χ0n) is 15.5. The van der Waals surface area contributed by atoms with Gasteiger partial charge in [0, 0.05) is 12.6 Å². The van der Waals surface area contributed by atoms with Gasteiger partial charge in [-0.05, 0) is 39.5 Å².